The molecule has 0 saturated heterocycles. The lowest BCUT2D eigenvalue weighted by atomic mass is 10.2. The Hall–Kier alpha value is -1.98. The van der Waals surface area contributed by atoms with Gasteiger partial charge in [0, 0.05) is 18.3 Å². The van der Waals surface area contributed by atoms with Crippen LogP contribution in [0.25, 0.3) is 0 Å². The Kier molecular flexibility index (Phi) is 7.07. The Morgan fingerprint density at radius 3 is 2.42 bits per heavy atom. The van der Waals surface area contributed by atoms with Crippen molar-refractivity contribution in [3.8, 4) is 0 Å². The molecule has 1 saturated carbocycles. The zero-order valence-electron chi connectivity index (χ0n) is 17.0. The van der Waals surface area contributed by atoms with E-state index in [9.17, 15) is 21.6 Å². The van der Waals surface area contributed by atoms with Crippen molar-refractivity contribution in [1.82, 2.24) is 4.47 Å². The van der Waals surface area contributed by atoms with Crippen LogP contribution in [0.1, 0.15) is 36.0 Å². The number of hydroxylamine groups is 1. The molecule has 0 atom stereocenters. The molecule has 31 heavy (non-hydrogen) atoms. The molecular formula is C20H23ClN2O6S2. The van der Waals surface area contributed by atoms with Crippen molar-refractivity contribution in [1.29, 1.82) is 0 Å². The minimum atomic E-state index is -4.06. The molecule has 0 spiro atoms. The first-order valence-electron chi connectivity index (χ1n) is 9.55. The first-order valence-corrected chi connectivity index (χ1v) is 12.9. The molecule has 1 aliphatic carbocycles. The third-order valence-electron chi connectivity index (χ3n) is 5.23. The van der Waals surface area contributed by atoms with Gasteiger partial charge < -0.3 is 5.32 Å². The normalized spacial score (nSPS) is 15.4. The van der Waals surface area contributed by atoms with E-state index in [-0.39, 0.29) is 26.1 Å². The molecule has 0 aliphatic heterocycles. The van der Waals surface area contributed by atoms with Crippen molar-refractivity contribution in [2.24, 2.45) is 0 Å². The van der Waals surface area contributed by atoms with E-state index in [2.05, 4.69) is 5.32 Å². The predicted molar refractivity (Wildman–Crippen MR) is 117 cm³/mol. The molecule has 168 valence electrons. The van der Waals surface area contributed by atoms with E-state index >= 15 is 0 Å². The molecule has 8 nitrogen and oxygen atoms in total. The third kappa shape index (κ3) is 4.93. The van der Waals surface area contributed by atoms with Crippen LogP contribution < -0.4 is 5.32 Å². The minimum Gasteiger partial charge on any atom is -0.322 e. The zero-order chi connectivity index (χ0) is 22.8. The number of amides is 1. The van der Waals surface area contributed by atoms with Gasteiger partial charge in [0.05, 0.1) is 22.3 Å². The number of sulfonamides is 1. The molecule has 2 aromatic rings. The SMILES string of the molecule is CON(C)S(=O)(=O)c1cc(C(=O)Nc2cccc(S(=O)(=O)C3CCCC3)c2)ccc1Cl. The number of carbonyl (C=O) groups is 1. The topological polar surface area (TPSA) is 110 Å². The lowest BCUT2D eigenvalue weighted by Gasteiger charge is -2.16. The van der Waals surface area contributed by atoms with E-state index in [1.807, 2.05) is 0 Å². The first-order chi connectivity index (χ1) is 14.6. The van der Waals surface area contributed by atoms with Crippen molar-refractivity contribution < 1.29 is 26.5 Å². The Bertz CT molecular complexity index is 1190. The maximum absolute atomic E-state index is 12.8. The quantitative estimate of drug-likeness (QED) is 0.600. The van der Waals surface area contributed by atoms with E-state index in [1.54, 1.807) is 12.1 Å². The van der Waals surface area contributed by atoms with Crippen LogP contribution in [0.3, 0.4) is 0 Å². The highest BCUT2D eigenvalue weighted by Crippen LogP contribution is 2.31. The number of carbonyl (C=O) groups excluding carboxylic acids is 1. The second kappa shape index (κ2) is 9.25. The summed E-state index contributed by atoms with van der Waals surface area (Å²) < 4.78 is 51.3. The molecule has 3 rings (SSSR count). The molecule has 0 bridgehead atoms. The summed E-state index contributed by atoms with van der Waals surface area (Å²) in [5.74, 6) is -0.608. The highest BCUT2D eigenvalue weighted by molar-refractivity contribution is 7.92. The molecule has 0 radical (unpaired) electrons. The number of sulfone groups is 1. The molecule has 0 aromatic heterocycles. The van der Waals surface area contributed by atoms with Gasteiger partial charge >= 0.3 is 0 Å². The molecule has 1 aliphatic rings. The van der Waals surface area contributed by atoms with E-state index in [0.29, 0.717) is 17.3 Å². The number of benzene rings is 2. The Morgan fingerprint density at radius 1 is 1.10 bits per heavy atom. The van der Waals surface area contributed by atoms with Crippen molar-refractivity contribution in [2.45, 2.75) is 40.7 Å². The van der Waals surface area contributed by atoms with Crippen LogP contribution in [0.2, 0.25) is 5.02 Å². The molecule has 2 aromatic carbocycles. The summed E-state index contributed by atoms with van der Waals surface area (Å²) in [7, 11) is -5.15. The summed E-state index contributed by atoms with van der Waals surface area (Å²) in [6, 6.07) is 9.87. The van der Waals surface area contributed by atoms with Crippen LogP contribution in [0.4, 0.5) is 5.69 Å². The fraction of sp³-hybridized carbons (Fsp3) is 0.350. The van der Waals surface area contributed by atoms with E-state index < -0.39 is 31.0 Å². The smallest absolute Gasteiger partial charge is 0.266 e. The van der Waals surface area contributed by atoms with Gasteiger partial charge in [0.2, 0.25) is 0 Å². The van der Waals surface area contributed by atoms with Crippen LogP contribution in [-0.2, 0) is 24.7 Å². The largest absolute Gasteiger partial charge is 0.322 e. The van der Waals surface area contributed by atoms with Gasteiger partial charge in [0.15, 0.2) is 9.84 Å². The second-order valence-electron chi connectivity index (χ2n) is 7.18. The standard InChI is InChI=1S/C20H23ClN2O6S2/c1-23(29-2)31(27,28)19-12-14(10-11-18(19)21)20(24)22-15-6-5-9-17(13-15)30(25,26)16-7-3-4-8-16/h5-6,9-13,16H,3-4,7-8H2,1-2H3,(H,22,24). The van der Waals surface area contributed by atoms with Gasteiger partial charge in [-0.25, -0.2) is 16.8 Å². The van der Waals surface area contributed by atoms with Crippen molar-refractivity contribution in [3.05, 3.63) is 53.1 Å². The number of hydrogen-bond acceptors (Lipinski definition) is 6. The molecular weight excluding hydrogens is 464 g/mol. The van der Waals surface area contributed by atoms with Gasteiger partial charge in [-0.2, -0.15) is 0 Å². The number of nitrogens with one attached hydrogen (secondary N) is 1. The highest BCUT2D eigenvalue weighted by atomic mass is 35.5. The summed E-state index contributed by atoms with van der Waals surface area (Å²) >= 11 is 6.02. The van der Waals surface area contributed by atoms with E-state index in [1.165, 1.54) is 38.4 Å². The number of halogens is 1. The van der Waals surface area contributed by atoms with E-state index in [0.717, 1.165) is 18.9 Å². The van der Waals surface area contributed by atoms with Crippen LogP contribution in [0.15, 0.2) is 52.3 Å². The number of rotatable bonds is 7. The van der Waals surface area contributed by atoms with Crippen LogP contribution in [0, 0.1) is 0 Å². The summed E-state index contributed by atoms with van der Waals surface area (Å²) in [5.41, 5.74) is 0.328. The zero-order valence-corrected chi connectivity index (χ0v) is 19.4. The Balaban J connectivity index is 1.87. The summed E-state index contributed by atoms with van der Waals surface area (Å²) in [6.07, 6.45) is 3.05. The lowest BCUT2D eigenvalue weighted by Crippen LogP contribution is -2.26. The minimum absolute atomic E-state index is 0.0385. The number of anilines is 1. The van der Waals surface area contributed by atoms with Gasteiger partial charge in [-0.1, -0.05) is 35.0 Å². The van der Waals surface area contributed by atoms with Gasteiger partial charge in [-0.15, -0.1) is 0 Å². The maximum Gasteiger partial charge on any atom is 0.266 e. The second-order valence-corrected chi connectivity index (χ2v) is 11.7. The van der Waals surface area contributed by atoms with Crippen molar-refractivity contribution in [2.75, 3.05) is 19.5 Å². The molecule has 11 heteroatoms. The number of hydrogen-bond donors (Lipinski definition) is 1. The average Bonchev–Trinajstić information content (AvgIpc) is 3.29. The van der Waals surface area contributed by atoms with Crippen LogP contribution in [-0.4, -0.2) is 46.6 Å². The monoisotopic (exact) mass is 486 g/mol. The molecule has 0 unspecified atom stereocenters. The first kappa shape index (κ1) is 23.7. The highest BCUT2D eigenvalue weighted by Gasteiger charge is 2.30. The summed E-state index contributed by atoms with van der Waals surface area (Å²) in [6.45, 7) is 0. The lowest BCUT2D eigenvalue weighted by molar-refractivity contribution is -0.0258. The van der Waals surface area contributed by atoms with Crippen LogP contribution >= 0.6 is 11.6 Å². The van der Waals surface area contributed by atoms with Crippen molar-refractivity contribution in [3.63, 3.8) is 0 Å². The molecule has 1 N–H and O–H groups in total. The van der Waals surface area contributed by atoms with Gasteiger partial charge in [0.25, 0.3) is 15.9 Å². The van der Waals surface area contributed by atoms with E-state index in [4.69, 9.17) is 16.4 Å². The maximum atomic E-state index is 12.8. The predicted octanol–water partition coefficient (Wildman–Crippen LogP) is 3.49. The average molecular weight is 487 g/mol. The summed E-state index contributed by atoms with van der Waals surface area (Å²) in [4.78, 5) is 17.3. The van der Waals surface area contributed by atoms with Gasteiger partial charge in [0.1, 0.15) is 4.90 Å². The van der Waals surface area contributed by atoms with Crippen molar-refractivity contribution >= 4 is 43.1 Å². The molecule has 1 amide bonds. The summed E-state index contributed by atoms with van der Waals surface area (Å²) in [5, 5.41) is 2.15. The molecule has 0 heterocycles. The van der Waals surface area contributed by atoms with Gasteiger partial charge in [-0.05, 0) is 49.2 Å². The fourth-order valence-electron chi connectivity index (χ4n) is 3.42. The van der Waals surface area contributed by atoms with Gasteiger partial charge in [-0.3, -0.25) is 9.63 Å². The number of nitrogens with zero attached hydrogens (tertiary/aromatic N) is 1. The fourth-order valence-corrected chi connectivity index (χ4v) is 6.80. The Morgan fingerprint density at radius 2 is 1.77 bits per heavy atom. The third-order valence-corrected chi connectivity index (χ3v) is 9.65. The Labute approximate surface area is 187 Å². The van der Waals surface area contributed by atoms with Crippen LogP contribution in [0.5, 0.6) is 0 Å². The molecule has 1 fully saturated rings.